The molecule has 2 N–H and O–H groups in total. The number of amides is 1. The summed E-state index contributed by atoms with van der Waals surface area (Å²) in [4.78, 5) is 14.2. The summed E-state index contributed by atoms with van der Waals surface area (Å²) in [5, 5.41) is 0. The molecular weight excluding hydrogens is 280 g/mol. The van der Waals surface area contributed by atoms with E-state index in [-0.39, 0.29) is 11.9 Å². The van der Waals surface area contributed by atoms with Gasteiger partial charge in [0.15, 0.2) is 11.5 Å². The molecule has 0 aliphatic carbocycles. The average molecular weight is 302 g/mol. The lowest BCUT2D eigenvalue weighted by atomic mass is 10.0. The number of benzene rings is 1. The summed E-state index contributed by atoms with van der Waals surface area (Å²) in [6, 6.07) is 5.87. The Kier molecular flexibility index (Phi) is 4.63. The van der Waals surface area contributed by atoms with Crippen LogP contribution in [-0.2, 0) is 4.79 Å². The molecule has 5 heteroatoms. The van der Waals surface area contributed by atoms with Crippen LogP contribution in [0.4, 0.5) is 0 Å². The van der Waals surface area contributed by atoms with E-state index in [0.717, 1.165) is 42.9 Å². The second-order valence-corrected chi connectivity index (χ2v) is 5.65. The first kappa shape index (κ1) is 14.9. The number of ether oxygens (including phenoxy) is 2. The lowest BCUT2D eigenvalue weighted by Gasteiger charge is -2.34. The molecule has 118 valence electrons. The van der Waals surface area contributed by atoms with E-state index in [1.54, 1.807) is 6.08 Å². The van der Waals surface area contributed by atoms with Crippen LogP contribution >= 0.6 is 0 Å². The molecule has 2 heterocycles. The molecular formula is C17H22N2O3. The van der Waals surface area contributed by atoms with Gasteiger partial charge in [-0.05, 0) is 43.0 Å². The molecule has 3 rings (SSSR count). The maximum absolute atomic E-state index is 12.4. The van der Waals surface area contributed by atoms with E-state index in [0.29, 0.717) is 19.8 Å². The Balaban J connectivity index is 1.69. The van der Waals surface area contributed by atoms with Crippen molar-refractivity contribution in [2.75, 3.05) is 26.3 Å². The Morgan fingerprint density at radius 2 is 2.09 bits per heavy atom. The van der Waals surface area contributed by atoms with Crippen LogP contribution in [0.5, 0.6) is 11.5 Å². The molecule has 0 saturated carbocycles. The summed E-state index contributed by atoms with van der Waals surface area (Å²) in [5.41, 5.74) is 6.70. The van der Waals surface area contributed by atoms with Gasteiger partial charge in [-0.3, -0.25) is 4.79 Å². The van der Waals surface area contributed by atoms with Gasteiger partial charge in [0.05, 0.1) is 0 Å². The predicted octanol–water partition coefficient (Wildman–Crippen LogP) is 1.81. The summed E-state index contributed by atoms with van der Waals surface area (Å²) in [5.74, 6) is 1.53. The maximum Gasteiger partial charge on any atom is 0.246 e. The van der Waals surface area contributed by atoms with Gasteiger partial charge in [0.1, 0.15) is 13.2 Å². The van der Waals surface area contributed by atoms with Gasteiger partial charge in [-0.25, -0.2) is 0 Å². The highest BCUT2D eigenvalue weighted by atomic mass is 16.6. The summed E-state index contributed by atoms with van der Waals surface area (Å²) in [6.07, 6.45) is 6.65. The summed E-state index contributed by atoms with van der Waals surface area (Å²) in [6.45, 7) is 2.47. The van der Waals surface area contributed by atoms with Crippen molar-refractivity contribution in [3.8, 4) is 11.5 Å². The van der Waals surface area contributed by atoms with Crippen LogP contribution in [-0.4, -0.2) is 43.2 Å². The zero-order chi connectivity index (χ0) is 15.4. The van der Waals surface area contributed by atoms with E-state index in [9.17, 15) is 4.79 Å². The van der Waals surface area contributed by atoms with Gasteiger partial charge in [-0.1, -0.05) is 6.07 Å². The molecule has 0 radical (unpaired) electrons. The predicted molar refractivity (Wildman–Crippen MR) is 84.9 cm³/mol. The van der Waals surface area contributed by atoms with Crippen molar-refractivity contribution in [2.45, 2.75) is 25.3 Å². The van der Waals surface area contributed by atoms with E-state index in [2.05, 4.69) is 0 Å². The topological polar surface area (TPSA) is 64.8 Å². The van der Waals surface area contributed by atoms with Crippen molar-refractivity contribution in [2.24, 2.45) is 5.73 Å². The van der Waals surface area contributed by atoms with E-state index in [4.69, 9.17) is 15.2 Å². The molecule has 1 aromatic rings. The van der Waals surface area contributed by atoms with Crippen LogP contribution < -0.4 is 15.2 Å². The molecule has 0 spiro atoms. The highest BCUT2D eigenvalue weighted by molar-refractivity contribution is 5.92. The van der Waals surface area contributed by atoms with Crippen molar-refractivity contribution in [3.63, 3.8) is 0 Å². The van der Waals surface area contributed by atoms with E-state index in [1.165, 1.54) is 0 Å². The second-order valence-electron chi connectivity index (χ2n) is 5.65. The zero-order valence-electron chi connectivity index (χ0n) is 12.7. The number of piperidine rings is 1. The molecule has 22 heavy (non-hydrogen) atoms. The van der Waals surface area contributed by atoms with E-state index < -0.39 is 0 Å². The van der Waals surface area contributed by atoms with E-state index >= 15 is 0 Å². The molecule has 5 nitrogen and oxygen atoms in total. The highest BCUT2D eigenvalue weighted by Gasteiger charge is 2.23. The second kappa shape index (κ2) is 6.83. The molecule has 1 aromatic carbocycles. The van der Waals surface area contributed by atoms with Crippen molar-refractivity contribution in [3.05, 3.63) is 29.8 Å². The van der Waals surface area contributed by atoms with E-state index in [1.807, 2.05) is 29.2 Å². The molecule has 0 aromatic heterocycles. The number of hydrogen-bond acceptors (Lipinski definition) is 4. The largest absolute Gasteiger partial charge is 0.486 e. The van der Waals surface area contributed by atoms with Crippen LogP contribution in [0.25, 0.3) is 6.08 Å². The summed E-state index contributed by atoms with van der Waals surface area (Å²) < 4.78 is 11.0. The fourth-order valence-electron chi connectivity index (χ4n) is 2.96. The number of carbonyl (C=O) groups is 1. The van der Waals surface area contributed by atoms with Gasteiger partial charge >= 0.3 is 0 Å². The molecule has 1 fully saturated rings. The number of carbonyl (C=O) groups excluding carboxylic acids is 1. The zero-order valence-corrected chi connectivity index (χ0v) is 12.7. The Bertz CT molecular complexity index is 571. The average Bonchev–Trinajstić information content (AvgIpc) is 2.59. The Labute approximate surface area is 130 Å². The van der Waals surface area contributed by atoms with Gasteiger partial charge in [0, 0.05) is 25.2 Å². The fourth-order valence-corrected chi connectivity index (χ4v) is 2.96. The molecule has 2 aliphatic rings. The minimum atomic E-state index is 0.0324. The number of hydrogen-bond donors (Lipinski definition) is 1. The van der Waals surface area contributed by atoms with Crippen molar-refractivity contribution in [1.29, 1.82) is 0 Å². The summed E-state index contributed by atoms with van der Waals surface area (Å²) >= 11 is 0. The normalized spacial score (nSPS) is 21.1. The Hall–Kier alpha value is -2.01. The van der Waals surface area contributed by atoms with Crippen LogP contribution in [0.2, 0.25) is 0 Å². The number of fused-ring (bicyclic) bond motifs is 1. The molecule has 1 atom stereocenters. The lowest BCUT2D eigenvalue weighted by Crippen LogP contribution is -2.46. The number of rotatable bonds is 3. The third-order valence-electron chi connectivity index (χ3n) is 4.17. The van der Waals surface area contributed by atoms with Gasteiger partial charge in [-0.2, -0.15) is 0 Å². The SMILES string of the molecule is NCC1CCCCN1C(=O)C=Cc1ccc2c(c1)OCCO2. The molecule has 1 saturated heterocycles. The quantitative estimate of drug-likeness (QED) is 0.865. The maximum atomic E-state index is 12.4. The third-order valence-corrected chi connectivity index (χ3v) is 4.17. The van der Waals surface area contributed by atoms with Gasteiger partial charge in [-0.15, -0.1) is 0 Å². The minimum absolute atomic E-state index is 0.0324. The number of likely N-dealkylation sites (tertiary alicyclic amines) is 1. The number of nitrogens with two attached hydrogens (primary N) is 1. The molecule has 0 bridgehead atoms. The Morgan fingerprint density at radius 3 is 2.91 bits per heavy atom. The standard InChI is InChI=1S/C17H22N2O3/c18-12-14-3-1-2-8-19(14)17(20)7-5-13-4-6-15-16(11-13)22-10-9-21-15/h4-7,11,14H,1-3,8-10,12,18H2. The highest BCUT2D eigenvalue weighted by Crippen LogP contribution is 2.31. The lowest BCUT2D eigenvalue weighted by molar-refractivity contribution is -0.129. The first-order valence-electron chi connectivity index (χ1n) is 7.86. The number of nitrogens with zero attached hydrogens (tertiary/aromatic N) is 1. The first-order valence-corrected chi connectivity index (χ1v) is 7.86. The Morgan fingerprint density at radius 1 is 1.27 bits per heavy atom. The monoisotopic (exact) mass is 302 g/mol. The smallest absolute Gasteiger partial charge is 0.246 e. The molecule has 1 amide bonds. The fraction of sp³-hybridized carbons (Fsp3) is 0.471. The molecule has 2 aliphatic heterocycles. The third kappa shape index (κ3) is 3.25. The van der Waals surface area contributed by atoms with Crippen LogP contribution in [0.1, 0.15) is 24.8 Å². The van der Waals surface area contributed by atoms with Crippen LogP contribution in [0.3, 0.4) is 0 Å². The van der Waals surface area contributed by atoms with Crippen molar-refractivity contribution >= 4 is 12.0 Å². The van der Waals surface area contributed by atoms with Gasteiger partial charge in [0.25, 0.3) is 0 Å². The first-order chi connectivity index (χ1) is 10.8. The summed E-state index contributed by atoms with van der Waals surface area (Å²) in [7, 11) is 0. The van der Waals surface area contributed by atoms with Gasteiger partial charge < -0.3 is 20.1 Å². The van der Waals surface area contributed by atoms with Gasteiger partial charge in [0.2, 0.25) is 5.91 Å². The van der Waals surface area contributed by atoms with Crippen molar-refractivity contribution < 1.29 is 14.3 Å². The van der Waals surface area contributed by atoms with Crippen molar-refractivity contribution in [1.82, 2.24) is 4.90 Å². The molecule has 1 unspecified atom stereocenters. The van der Waals surface area contributed by atoms with Crippen LogP contribution in [0.15, 0.2) is 24.3 Å². The minimum Gasteiger partial charge on any atom is -0.486 e. The van der Waals surface area contributed by atoms with Crippen LogP contribution in [0, 0.1) is 0 Å².